The average molecular weight is 738 g/mol. The molecular formula is C44H55N3O7. The average Bonchev–Trinajstić information content (AvgIpc) is 3.18. The van der Waals surface area contributed by atoms with Crippen molar-refractivity contribution in [1.29, 1.82) is 0 Å². The number of esters is 1. The van der Waals surface area contributed by atoms with E-state index in [1.807, 2.05) is 36.9 Å². The second-order valence-corrected chi connectivity index (χ2v) is 15.2. The predicted molar refractivity (Wildman–Crippen MR) is 209 cm³/mol. The molecule has 0 aromatic heterocycles. The third-order valence-electron chi connectivity index (χ3n) is 10.9. The Balaban J connectivity index is 1.30. The molecular weight excluding hydrogens is 682 g/mol. The van der Waals surface area contributed by atoms with Gasteiger partial charge in [-0.1, -0.05) is 58.0 Å². The van der Waals surface area contributed by atoms with Crippen molar-refractivity contribution in [2.45, 2.75) is 111 Å². The predicted octanol–water partition coefficient (Wildman–Crippen LogP) is 7.61. The second-order valence-electron chi connectivity index (χ2n) is 15.2. The number of amides is 3. The lowest BCUT2D eigenvalue weighted by atomic mass is 9.84. The highest BCUT2D eigenvalue weighted by Gasteiger charge is 2.41. The number of rotatable bonds is 14. The summed E-state index contributed by atoms with van der Waals surface area (Å²) in [5.74, 6) is -1.38. The van der Waals surface area contributed by atoms with Gasteiger partial charge in [0.15, 0.2) is 6.61 Å². The standard InChI is InChI=1S/C44H55N3O7/c1-7-40(49)46-24-12-14-32-27-35(20-21-36(32)46)53-28-39(48)45-34-15-11-13-33(26-34)38(22-19-31-18-17-29(3)30(4)25-31)54-43(52)37-16-9-10-23-47(37)42(51)41(50)44(5,6)8-2/h11,13,15,17-18,20-21,25-27,37-38H,7-10,12,14,16,19,22-24,28H2,1-6H3,(H,45,48)/t37-,38+/m0/s1. The van der Waals surface area contributed by atoms with Crippen molar-refractivity contribution < 1.29 is 33.4 Å². The van der Waals surface area contributed by atoms with Gasteiger partial charge < -0.3 is 24.6 Å². The van der Waals surface area contributed by atoms with Crippen LogP contribution in [0.1, 0.15) is 107 Å². The van der Waals surface area contributed by atoms with Crippen molar-refractivity contribution in [3.8, 4) is 5.75 Å². The summed E-state index contributed by atoms with van der Waals surface area (Å²) >= 11 is 0. The van der Waals surface area contributed by atoms with Gasteiger partial charge in [0.2, 0.25) is 11.7 Å². The molecule has 0 spiro atoms. The van der Waals surface area contributed by atoms with Crippen LogP contribution in [0.5, 0.6) is 5.75 Å². The Morgan fingerprint density at radius 3 is 2.44 bits per heavy atom. The third kappa shape index (κ3) is 9.75. The number of anilines is 2. The van der Waals surface area contributed by atoms with Crippen LogP contribution in [0.2, 0.25) is 0 Å². The van der Waals surface area contributed by atoms with Crippen LogP contribution in [-0.4, -0.2) is 60.1 Å². The van der Waals surface area contributed by atoms with Crippen LogP contribution in [-0.2, 0) is 41.6 Å². The molecule has 54 heavy (non-hydrogen) atoms. The lowest BCUT2D eigenvalue weighted by Crippen LogP contribution is -2.53. The summed E-state index contributed by atoms with van der Waals surface area (Å²) < 4.78 is 12.1. The van der Waals surface area contributed by atoms with Crippen molar-refractivity contribution in [3.05, 3.63) is 88.5 Å². The van der Waals surface area contributed by atoms with E-state index in [9.17, 15) is 24.0 Å². The molecule has 2 aliphatic rings. The lowest BCUT2D eigenvalue weighted by molar-refractivity contribution is -0.164. The maximum Gasteiger partial charge on any atom is 0.329 e. The van der Waals surface area contributed by atoms with E-state index in [1.165, 1.54) is 16.0 Å². The van der Waals surface area contributed by atoms with Gasteiger partial charge in [-0.05, 0) is 123 Å². The smallest absolute Gasteiger partial charge is 0.329 e. The van der Waals surface area contributed by atoms with Crippen LogP contribution < -0.4 is 15.0 Å². The highest BCUT2D eigenvalue weighted by molar-refractivity contribution is 6.38. The Morgan fingerprint density at radius 2 is 1.70 bits per heavy atom. The van der Waals surface area contributed by atoms with Gasteiger partial charge in [0, 0.05) is 36.3 Å². The van der Waals surface area contributed by atoms with E-state index in [2.05, 4.69) is 37.4 Å². The highest BCUT2D eigenvalue weighted by Crippen LogP contribution is 2.32. The number of benzene rings is 3. The molecule has 0 unspecified atom stereocenters. The van der Waals surface area contributed by atoms with Crippen LogP contribution in [0.4, 0.5) is 11.4 Å². The Labute approximate surface area is 319 Å². The van der Waals surface area contributed by atoms with Crippen LogP contribution in [0.3, 0.4) is 0 Å². The topological polar surface area (TPSA) is 122 Å². The number of fused-ring (bicyclic) bond motifs is 1. The molecule has 1 N–H and O–H groups in total. The minimum Gasteiger partial charge on any atom is -0.484 e. The van der Waals surface area contributed by atoms with Crippen LogP contribution in [0.15, 0.2) is 60.7 Å². The fourth-order valence-electron chi connectivity index (χ4n) is 7.05. The zero-order valence-electron chi connectivity index (χ0n) is 32.7. The minimum absolute atomic E-state index is 0.0857. The fourth-order valence-corrected chi connectivity index (χ4v) is 7.05. The van der Waals surface area contributed by atoms with Gasteiger partial charge in [-0.15, -0.1) is 0 Å². The number of Topliss-reactive ketones (excluding diaryl/α,β-unsaturated/α-hetero) is 1. The monoisotopic (exact) mass is 737 g/mol. The molecule has 288 valence electrons. The molecule has 0 bridgehead atoms. The molecule has 3 aromatic carbocycles. The molecule has 5 rings (SSSR count). The first-order valence-electron chi connectivity index (χ1n) is 19.4. The maximum absolute atomic E-state index is 14.0. The Hall–Kier alpha value is -4.99. The molecule has 0 saturated carbocycles. The Morgan fingerprint density at radius 1 is 0.907 bits per heavy atom. The molecule has 0 radical (unpaired) electrons. The van der Waals surface area contributed by atoms with Crippen LogP contribution in [0.25, 0.3) is 0 Å². The number of likely N-dealkylation sites (tertiary alicyclic amines) is 1. The largest absolute Gasteiger partial charge is 0.484 e. The van der Waals surface area contributed by atoms with E-state index in [0.29, 0.717) is 68.6 Å². The molecule has 2 atom stereocenters. The van der Waals surface area contributed by atoms with E-state index in [4.69, 9.17) is 9.47 Å². The van der Waals surface area contributed by atoms with Crippen LogP contribution in [0, 0.1) is 19.3 Å². The van der Waals surface area contributed by atoms with Gasteiger partial charge in [0.05, 0.1) is 0 Å². The quantitative estimate of drug-likeness (QED) is 0.134. The summed E-state index contributed by atoms with van der Waals surface area (Å²) in [7, 11) is 0. The van der Waals surface area contributed by atoms with Crippen molar-refractivity contribution in [3.63, 3.8) is 0 Å². The SMILES string of the molecule is CCC(=O)N1CCCc2cc(OCC(=O)Nc3cccc([C@@H](CCc4ccc(C)c(C)c4)OC(=O)[C@@H]4CCCCN4C(=O)C(=O)C(C)(C)CC)c3)ccc21. The molecule has 1 saturated heterocycles. The second kappa shape index (κ2) is 17.9. The Kier molecular flexibility index (Phi) is 13.3. The first-order chi connectivity index (χ1) is 25.8. The first-order valence-corrected chi connectivity index (χ1v) is 19.4. The third-order valence-corrected chi connectivity index (χ3v) is 10.9. The summed E-state index contributed by atoms with van der Waals surface area (Å²) in [5.41, 5.74) is 5.78. The molecule has 3 amide bonds. The van der Waals surface area contributed by atoms with Gasteiger partial charge in [0.1, 0.15) is 17.9 Å². The molecule has 1 fully saturated rings. The van der Waals surface area contributed by atoms with Crippen molar-refractivity contribution in [1.82, 2.24) is 4.90 Å². The zero-order chi connectivity index (χ0) is 39.0. The number of hydrogen-bond donors (Lipinski definition) is 1. The van der Waals surface area contributed by atoms with E-state index < -0.39 is 35.2 Å². The number of nitrogens with one attached hydrogen (secondary N) is 1. The molecule has 3 aromatic rings. The Bertz CT molecular complexity index is 1870. The zero-order valence-corrected chi connectivity index (χ0v) is 32.7. The number of carbonyl (C=O) groups is 5. The van der Waals surface area contributed by atoms with Gasteiger partial charge in [-0.3, -0.25) is 19.2 Å². The number of ether oxygens (including phenoxy) is 2. The minimum atomic E-state index is -0.856. The van der Waals surface area contributed by atoms with E-state index >= 15 is 0 Å². The van der Waals surface area contributed by atoms with Crippen LogP contribution >= 0.6 is 0 Å². The van der Waals surface area contributed by atoms with Crippen molar-refractivity contribution in [2.24, 2.45) is 5.41 Å². The number of aryl methyl sites for hydroxylation is 4. The summed E-state index contributed by atoms with van der Waals surface area (Å²) in [6.45, 7) is 12.2. The number of ketones is 1. The van der Waals surface area contributed by atoms with E-state index in [1.54, 1.807) is 38.1 Å². The molecule has 0 aliphatic carbocycles. The summed E-state index contributed by atoms with van der Waals surface area (Å²) in [6, 6.07) is 18.2. The normalized spacial score (nSPS) is 16.2. The lowest BCUT2D eigenvalue weighted by Gasteiger charge is -2.36. The van der Waals surface area contributed by atoms with E-state index in [0.717, 1.165) is 36.1 Å². The fraction of sp³-hybridized carbons (Fsp3) is 0.477. The van der Waals surface area contributed by atoms with Crippen molar-refractivity contribution >= 4 is 40.8 Å². The van der Waals surface area contributed by atoms with Crippen molar-refractivity contribution in [2.75, 3.05) is 29.9 Å². The van der Waals surface area contributed by atoms with Gasteiger partial charge in [-0.2, -0.15) is 0 Å². The summed E-state index contributed by atoms with van der Waals surface area (Å²) in [6.07, 6.45) is 4.95. The summed E-state index contributed by atoms with van der Waals surface area (Å²) in [4.78, 5) is 69.3. The van der Waals surface area contributed by atoms with Gasteiger partial charge in [-0.25, -0.2) is 4.79 Å². The van der Waals surface area contributed by atoms with E-state index in [-0.39, 0.29) is 18.4 Å². The maximum atomic E-state index is 14.0. The number of carbonyl (C=O) groups excluding carboxylic acids is 5. The molecule has 10 heteroatoms. The molecule has 10 nitrogen and oxygen atoms in total. The number of piperidine rings is 1. The summed E-state index contributed by atoms with van der Waals surface area (Å²) in [5, 5.41) is 2.91. The highest BCUT2D eigenvalue weighted by atomic mass is 16.5. The van der Waals surface area contributed by atoms with Gasteiger partial charge >= 0.3 is 5.97 Å². The molecule has 2 heterocycles. The number of nitrogens with zero attached hydrogens (tertiary/aromatic N) is 2. The molecule has 2 aliphatic heterocycles. The number of hydrogen-bond acceptors (Lipinski definition) is 7. The first kappa shape index (κ1) is 40.2. The van der Waals surface area contributed by atoms with Gasteiger partial charge in [0.25, 0.3) is 11.8 Å².